The van der Waals surface area contributed by atoms with Gasteiger partial charge in [0.1, 0.15) is 23.7 Å². The predicted molar refractivity (Wildman–Crippen MR) is 111 cm³/mol. The number of rotatable bonds is 6. The smallest absolute Gasteiger partial charge is 0.262 e. The van der Waals surface area contributed by atoms with Gasteiger partial charge in [-0.05, 0) is 72.9 Å². The fourth-order valence-corrected chi connectivity index (χ4v) is 2.91. The number of hydrogen-bond donors (Lipinski definition) is 2. The van der Waals surface area contributed by atoms with Crippen LogP contribution in [0.3, 0.4) is 0 Å². The van der Waals surface area contributed by atoms with Gasteiger partial charge in [-0.3, -0.25) is 14.3 Å². The number of halogens is 1. The normalized spacial score (nSPS) is 10.9. The highest BCUT2D eigenvalue weighted by molar-refractivity contribution is 7.71. The van der Waals surface area contributed by atoms with Crippen LogP contribution >= 0.6 is 23.8 Å². The van der Waals surface area contributed by atoms with Crippen molar-refractivity contribution < 1.29 is 14.6 Å². The molecule has 3 aromatic rings. The van der Waals surface area contributed by atoms with Gasteiger partial charge in [0.2, 0.25) is 5.88 Å². The first-order valence-electron chi connectivity index (χ1n) is 8.27. The lowest BCUT2D eigenvalue weighted by Gasteiger charge is -2.11. The standard InChI is InChI=1S/C20H17ClN2O4S/c1-26-15-8-10-16(11-9-15)27-12-2-3-17-18(24)22-20(28)23(19(17)25)14-6-4-13(21)5-7-14/h2-11,25H,12H2,1H3,(H,22,24,28). The molecule has 0 spiro atoms. The van der Waals surface area contributed by atoms with E-state index in [-0.39, 0.29) is 22.8 Å². The van der Waals surface area contributed by atoms with E-state index in [1.54, 1.807) is 61.7 Å². The quantitative estimate of drug-likeness (QED) is 0.584. The summed E-state index contributed by atoms with van der Waals surface area (Å²) in [6, 6.07) is 13.8. The average molecular weight is 417 g/mol. The molecule has 3 rings (SSSR count). The Hall–Kier alpha value is -3.03. The summed E-state index contributed by atoms with van der Waals surface area (Å²) in [6.07, 6.45) is 3.11. The molecule has 0 unspecified atom stereocenters. The maximum Gasteiger partial charge on any atom is 0.262 e. The number of methoxy groups -OCH3 is 1. The molecule has 1 heterocycles. The summed E-state index contributed by atoms with van der Waals surface area (Å²) in [5.41, 5.74) is 0.155. The number of benzene rings is 2. The molecule has 0 fully saturated rings. The first-order chi connectivity index (χ1) is 13.5. The maximum absolute atomic E-state index is 12.2. The molecule has 8 heteroatoms. The molecule has 144 valence electrons. The number of aromatic nitrogens is 2. The van der Waals surface area contributed by atoms with Gasteiger partial charge in [0.15, 0.2) is 4.77 Å². The van der Waals surface area contributed by atoms with Crippen LogP contribution in [0, 0.1) is 4.77 Å². The molecular formula is C20H17ClN2O4S. The molecule has 2 N–H and O–H groups in total. The topological polar surface area (TPSA) is 76.5 Å². The SMILES string of the molecule is COc1ccc(OCC=Cc2c(O)n(-c3ccc(Cl)cc3)c(=S)[nH]c2=O)cc1. The van der Waals surface area contributed by atoms with Gasteiger partial charge in [0, 0.05) is 5.02 Å². The van der Waals surface area contributed by atoms with Gasteiger partial charge in [-0.25, -0.2) is 0 Å². The first-order valence-corrected chi connectivity index (χ1v) is 9.06. The summed E-state index contributed by atoms with van der Waals surface area (Å²) >= 11 is 11.1. The molecule has 28 heavy (non-hydrogen) atoms. The van der Waals surface area contributed by atoms with Gasteiger partial charge in [-0.1, -0.05) is 11.6 Å². The van der Waals surface area contributed by atoms with Gasteiger partial charge in [0.05, 0.1) is 12.8 Å². The van der Waals surface area contributed by atoms with E-state index >= 15 is 0 Å². The fraction of sp³-hybridized carbons (Fsp3) is 0.100. The van der Waals surface area contributed by atoms with E-state index < -0.39 is 5.56 Å². The highest BCUT2D eigenvalue weighted by atomic mass is 35.5. The zero-order valence-corrected chi connectivity index (χ0v) is 16.5. The summed E-state index contributed by atoms with van der Waals surface area (Å²) in [7, 11) is 1.59. The number of aromatic hydroxyl groups is 1. The van der Waals surface area contributed by atoms with Crippen LogP contribution in [-0.2, 0) is 0 Å². The minimum Gasteiger partial charge on any atom is -0.497 e. The Morgan fingerprint density at radius 2 is 1.79 bits per heavy atom. The van der Waals surface area contributed by atoms with Gasteiger partial charge in [0.25, 0.3) is 5.56 Å². The average Bonchev–Trinajstić information content (AvgIpc) is 2.69. The molecule has 0 aliphatic heterocycles. The van der Waals surface area contributed by atoms with E-state index in [9.17, 15) is 9.90 Å². The molecule has 2 aromatic carbocycles. The summed E-state index contributed by atoms with van der Waals surface area (Å²) in [5, 5.41) is 11.1. The van der Waals surface area contributed by atoms with Crippen molar-refractivity contribution in [3.63, 3.8) is 0 Å². The second-order valence-electron chi connectivity index (χ2n) is 5.70. The second-order valence-corrected chi connectivity index (χ2v) is 6.52. The Bertz CT molecular complexity index is 1100. The number of aromatic amines is 1. The largest absolute Gasteiger partial charge is 0.497 e. The van der Waals surface area contributed by atoms with Gasteiger partial charge in [-0.2, -0.15) is 0 Å². The third-order valence-corrected chi connectivity index (χ3v) is 4.43. The number of ether oxygens (including phenoxy) is 2. The van der Waals surface area contributed by atoms with Crippen LogP contribution in [0.25, 0.3) is 11.8 Å². The third-order valence-electron chi connectivity index (χ3n) is 3.90. The van der Waals surface area contributed by atoms with Crippen LogP contribution in [0.4, 0.5) is 0 Å². The molecule has 0 saturated carbocycles. The third kappa shape index (κ3) is 4.44. The van der Waals surface area contributed by atoms with Crippen LogP contribution in [0.2, 0.25) is 5.02 Å². The number of nitrogens with zero attached hydrogens (tertiary/aromatic N) is 1. The molecule has 0 radical (unpaired) electrons. The van der Waals surface area contributed by atoms with Crippen LogP contribution in [0.5, 0.6) is 17.4 Å². The lowest BCUT2D eigenvalue weighted by molar-refractivity contribution is 0.361. The lowest BCUT2D eigenvalue weighted by Crippen LogP contribution is -2.16. The van der Waals surface area contributed by atoms with Crippen molar-refractivity contribution in [1.29, 1.82) is 0 Å². The van der Waals surface area contributed by atoms with Gasteiger partial charge in [-0.15, -0.1) is 0 Å². The first kappa shape index (κ1) is 19.7. The van der Waals surface area contributed by atoms with Crippen LogP contribution < -0.4 is 15.0 Å². The fourth-order valence-electron chi connectivity index (χ4n) is 2.50. The molecule has 0 atom stereocenters. The summed E-state index contributed by atoms with van der Waals surface area (Å²) < 4.78 is 12.1. The summed E-state index contributed by atoms with van der Waals surface area (Å²) in [6.45, 7) is 0.210. The lowest BCUT2D eigenvalue weighted by atomic mass is 10.2. The van der Waals surface area contributed by atoms with Gasteiger partial charge < -0.3 is 14.6 Å². The summed E-state index contributed by atoms with van der Waals surface area (Å²) in [5.74, 6) is 1.12. The number of H-pyrrole nitrogens is 1. The molecule has 0 saturated heterocycles. The Morgan fingerprint density at radius 1 is 1.14 bits per heavy atom. The van der Waals surface area contributed by atoms with Crippen molar-refractivity contribution in [3.05, 3.63) is 80.3 Å². The minimum absolute atomic E-state index is 0.0712. The van der Waals surface area contributed by atoms with Crippen LogP contribution in [0.1, 0.15) is 5.56 Å². The number of hydrogen-bond acceptors (Lipinski definition) is 5. The van der Waals surface area contributed by atoms with Crippen LogP contribution in [0.15, 0.2) is 59.4 Å². The Balaban J connectivity index is 1.82. The van der Waals surface area contributed by atoms with Crippen molar-refractivity contribution >= 4 is 29.9 Å². The van der Waals surface area contributed by atoms with E-state index in [0.29, 0.717) is 16.5 Å². The van der Waals surface area contributed by atoms with Gasteiger partial charge >= 0.3 is 0 Å². The zero-order valence-electron chi connectivity index (χ0n) is 14.9. The van der Waals surface area contributed by atoms with Crippen molar-refractivity contribution in [2.24, 2.45) is 0 Å². The van der Waals surface area contributed by atoms with Crippen molar-refractivity contribution in [2.45, 2.75) is 0 Å². The van der Waals surface area contributed by atoms with E-state index in [2.05, 4.69) is 4.98 Å². The minimum atomic E-state index is -0.492. The summed E-state index contributed by atoms with van der Waals surface area (Å²) in [4.78, 5) is 14.8. The highest BCUT2D eigenvalue weighted by Crippen LogP contribution is 2.22. The molecule has 0 amide bonds. The molecule has 1 aromatic heterocycles. The maximum atomic E-state index is 12.2. The monoisotopic (exact) mass is 416 g/mol. The molecule has 0 aliphatic carbocycles. The molecule has 6 nitrogen and oxygen atoms in total. The van der Waals surface area contributed by atoms with E-state index in [4.69, 9.17) is 33.3 Å². The Labute approximate surface area is 171 Å². The molecular weight excluding hydrogens is 400 g/mol. The van der Waals surface area contributed by atoms with Crippen molar-refractivity contribution in [1.82, 2.24) is 9.55 Å². The van der Waals surface area contributed by atoms with E-state index in [1.165, 1.54) is 10.6 Å². The molecule has 0 bridgehead atoms. The van der Waals surface area contributed by atoms with E-state index in [0.717, 1.165) is 5.75 Å². The Kier molecular flexibility index (Phi) is 6.18. The zero-order chi connectivity index (χ0) is 20.1. The van der Waals surface area contributed by atoms with Crippen molar-refractivity contribution in [3.8, 4) is 23.1 Å². The Morgan fingerprint density at radius 3 is 2.43 bits per heavy atom. The van der Waals surface area contributed by atoms with E-state index in [1.807, 2.05) is 0 Å². The predicted octanol–water partition coefficient (Wildman–Crippen LogP) is 4.35. The van der Waals surface area contributed by atoms with Crippen LogP contribution in [-0.4, -0.2) is 28.4 Å². The van der Waals surface area contributed by atoms with Crippen molar-refractivity contribution in [2.75, 3.05) is 13.7 Å². The molecule has 0 aliphatic rings. The second kappa shape index (κ2) is 8.77. The number of nitrogens with one attached hydrogen (secondary N) is 1. The highest BCUT2D eigenvalue weighted by Gasteiger charge is 2.11.